The van der Waals surface area contributed by atoms with Gasteiger partial charge in [0.05, 0.1) is 13.2 Å². The van der Waals surface area contributed by atoms with Crippen LogP contribution in [0.2, 0.25) is 0 Å². The normalized spacial score (nSPS) is 20.8. The van der Waals surface area contributed by atoms with Gasteiger partial charge in [0.15, 0.2) is 0 Å². The number of hydrogen-bond acceptors (Lipinski definition) is 3. The zero-order chi connectivity index (χ0) is 11.5. The summed E-state index contributed by atoms with van der Waals surface area (Å²) in [5, 5.41) is 9.07. The third kappa shape index (κ3) is 2.36. The molecule has 1 atom stereocenters. The largest absolute Gasteiger partial charge is 0.449 e. The van der Waals surface area contributed by atoms with E-state index in [4.69, 9.17) is 9.84 Å². The van der Waals surface area contributed by atoms with E-state index in [-0.39, 0.29) is 18.6 Å². The number of rotatable bonds is 2. The summed E-state index contributed by atoms with van der Waals surface area (Å²) in [4.78, 5) is 13.1. The average molecular weight is 286 g/mol. The van der Waals surface area contributed by atoms with Crippen molar-refractivity contribution in [2.24, 2.45) is 5.92 Å². The van der Waals surface area contributed by atoms with Crippen molar-refractivity contribution in [1.29, 1.82) is 0 Å². The third-order valence-electron chi connectivity index (χ3n) is 2.48. The Labute approximate surface area is 102 Å². The first-order valence-electron chi connectivity index (χ1n) is 5.01. The molecule has 1 aliphatic heterocycles. The molecule has 1 fully saturated rings. The van der Waals surface area contributed by atoms with E-state index in [0.717, 1.165) is 10.2 Å². The lowest BCUT2D eigenvalue weighted by atomic mass is 10.1. The van der Waals surface area contributed by atoms with Gasteiger partial charge < -0.3 is 9.84 Å². The van der Waals surface area contributed by atoms with Crippen molar-refractivity contribution in [2.75, 3.05) is 24.7 Å². The first-order chi connectivity index (χ1) is 7.70. The number of amides is 1. The lowest BCUT2D eigenvalue weighted by molar-refractivity contribution is 0.0900. The van der Waals surface area contributed by atoms with Gasteiger partial charge in [0.25, 0.3) is 0 Å². The fourth-order valence-corrected chi connectivity index (χ4v) is 2.00. The molecule has 0 aromatic heterocycles. The molecule has 2 rings (SSSR count). The predicted octanol–water partition coefficient (Wildman–Crippen LogP) is 2.01. The highest BCUT2D eigenvalue weighted by atomic mass is 79.9. The lowest BCUT2D eigenvalue weighted by Crippen LogP contribution is -2.44. The van der Waals surface area contributed by atoms with Crippen molar-refractivity contribution < 1.29 is 14.6 Å². The van der Waals surface area contributed by atoms with E-state index in [1.54, 1.807) is 0 Å². The Balaban J connectivity index is 2.21. The number of carbonyl (C=O) groups is 1. The highest BCUT2D eigenvalue weighted by Gasteiger charge is 2.27. The summed E-state index contributed by atoms with van der Waals surface area (Å²) >= 11 is 3.35. The quantitative estimate of drug-likeness (QED) is 0.904. The first kappa shape index (κ1) is 11.4. The maximum absolute atomic E-state index is 11.6. The van der Waals surface area contributed by atoms with Crippen LogP contribution in [0.3, 0.4) is 0 Å². The smallest absolute Gasteiger partial charge is 0.414 e. The number of benzene rings is 1. The fraction of sp³-hybridized carbons (Fsp3) is 0.364. The summed E-state index contributed by atoms with van der Waals surface area (Å²) in [5.74, 6) is -0.0170. The molecule has 1 amide bonds. The van der Waals surface area contributed by atoms with E-state index in [1.165, 1.54) is 4.90 Å². The van der Waals surface area contributed by atoms with Gasteiger partial charge in [-0.3, -0.25) is 4.90 Å². The summed E-state index contributed by atoms with van der Waals surface area (Å²) in [5.41, 5.74) is 0.775. The van der Waals surface area contributed by atoms with Crippen molar-refractivity contribution >= 4 is 27.7 Å². The number of aliphatic hydroxyl groups excluding tert-OH is 1. The molecule has 5 heteroatoms. The number of aliphatic hydroxyl groups is 1. The number of anilines is 1. The standard InChI is InChI=1S/C11H12BrNO3/c12-9-2-1-3-10(4-9)13-5-8(6-14)7-16-11(13)15/h1-4,8,14H,5-7H2. The Morgan fingerprint density at radius 3 is 3.06 bits per heavy atom. The van der Waals surface area contributed by atoms with Crippen LogP contribution in [0.25, 0.3) is 0 Å². The van der Waals surface area contributed by atoms with Crippen LogP contribution in [-0.2, 0) is 4.74 Å². The number of carbonyl (C=O) groups excluding carboxylic acids is 1. The SMILES string of the molecule is O=C1OCC(CO)CN1c1cccc(Br)c1. The molecule has 16 heavy (non-hydrogen) atoms. The second kappa shape index (κ2) is 4.84. The van der Waals surface area contributed by atoms with Crippen LogP contribution >= 0.6 is 15.9 Å². The van der Waals surface area contributed by atoms with Crippen molar-refractivity contribution in [3.63, 3.8) is 0 Å². The summed E-state index contributed by atoms with van der Waals surface area (Å²) in [6, 6.07) is 7.43. The van der Waals surface area contributed by atoms with Gasteiger partial charge in [-0.1, -0.05) is 22.0 Å². The molecule has 1 N–H and O–H groups in total. The van der Waals surface area contributed by atoms with Gasteiger partial charge in [0.2, 0.25) is 0 Å². The maximum Gasteiger partial charge on any atom is 0.414 e. The second-order valence-electron chi connectivity index (χ2n) is 3.72. The topological polar surface area (TPSA) is 49.8 Å². The van der Waals surface area contributed by atoms with Crippen LogP contribution in [0.5, 0.6) is 0 Å². The van der Waals surface area contributed by atoms with Gasteiger partial charge >= 0.3 is 6.09 Å². The number of hydrogen-bond donors (Lipinski definition) is 1. The molecule has 86 valence electrons. The van der Waals surface area contributed by atoms with Gasteiger partial charge in [-0.2, -0.15) is 0 Å². The predicted molar refractivity (Wildman–Crippen MR) is 63.4 cm³/mol. The minimum absolute atomic E-state index is 0.0170. The molecular formula is C11H12BrNO3. The average Bonchev–Trinajstić information content (AvgIpc) is 2.30. The molecular weight excluding hydrogens is 274 g/mol. The molecule has 0 aliphatic carbocycles. The molecule has 1 saturated heterocycles. The van der Waals surface area contributed by atoms with E-state index < -0.39 is 0 Å². The van der Waals surface area contributed by atoms with Crippen LogP contribution < -0.4 is 4.90 Å². The molecule has 0 bridgehead atoms. The highest BCUT2D eigenvalue weighted by Crippen LogP contribution is 2.23. The number of cyclic esters (lactones) is 1. The number of nitrogens with zero attached hydrogens (tertiary/aromatic N) is 1. The monoisotopic (exact) mass is 285 g/mol. The summed E-state index contributed by atoms with van der Waals surface area (Å²) < 4.78 is 5.91. The van der Waals surface area contributed by atoms with Crippen LogP contribution in [0.4, 0.5) is 10.5 Å². The molecule has 1 aromatic rings. The molecule has 0 saturated carbocycles. The fourth-order valence-electron chi connectivity index (χ4n) is 1.62. The summed E-state index contributed by atoms with van der Waals surface area (Å²) in [6.45, 7) is 0.809. The van der Waals surface area contributed by atoms with Gasteiger partial charge in [0.1, 0.15) is 0 Å². The molecule has 0 spiro atoms. The van der Waals surface area contributed by atoms with Crippen molar-refractivity contribution in [2.45, 2.75) is 0 Å². The van der Waals surface area contributed by atoms with E-state index in [0.29, 0.717) is 13.2 Å². The van der Waals surface area contributed by atoms with Crippen LogP contribution in [0.1, 0.15) is 0 Å². The van der Waals surface area contributed by atoms with E-state index in [1.807, 2.05) is 24.3 Å². The van der Waals surface area contributed by atoms with Crippen molar-refractivity contribution in [1.82, 2.24) is 0 Å². The Bertz CT molecular complexity index is 397. The number of halogens is 1. The first-order valence-corrected chi connectivity index (χ1v) is 5.80. The van der Waals surface area contributed by atoms with Gasteiger partial charge in [0, 0.05) is 22.6 Å². The Morgan fingerprint density at radius 1 is 1.56 bits per heavy atom. The highest BCUT2D eigenvalue weighted by molar-refractivity contribution is 9.10. The molecule has 1 aromatic carbocycles. The molecule has 4 nitrogen and oxygen atoms in total. The van der Waals surface area contributed by atoms with Gasteiger partial charge in [-0.15, -0.1) is 0 Å². The zero-order valence-corrected chi connectivity index (χ0v) is 10.2. The lowest BCUT2D eigenvalue weighted by Gasteiger charge is -2.31. The summed E-state index contributed by atoms with van der Waals surface area (Å²) in [6.07, 6.45) is -0.359. The third-order valence-corrected chi connectivity index (χ3v) is 2.97. The van der Waals surface area contributed by atoms with Crippen LogP contribution in [0.15, 0.2) is 28.7 Å². The Kier molecular flexibility index (Phi) is 3.46. The van der Waals surface area contributed by atoms with Crippen LogP contribution in [-0.4, -0.2) is 31.0 Å². The second-order valence-corrected chi connectivity index (χ2v) is 4.63. The van der Waals surface area contributed by atoms with Crippen LogP contribution in [0, 0.1) is 5.92 Å². The zero-order valence-electron chi connectivity index (χ0n) is 8.60. The summed E-state index contributed by atoms with van der Waals surface area (Å²) in [7, 11) is 0. The van der Waals surface area contributed by atoms with Crippen molar-refractivity contribution in [3.05, 3.63) is 28.7 Å². The molecule has 1 heterocycles. The van der Waals surface area contributed by atoms with Gasteiger partial charge in [-0.05, 0) is 18.2 Å². The molecule has 1 unspecified atom stereocenters. The maximum atomic E-state index is 11.6. The number of ether oxygens (including phenoxy) is 1. The van der Waals surface area contributed by atoms with Gasteiger partial charge in [-0.25, -0.2) is 4.79 Å². The molecule has 1 aliphatic rings. The minimum atomic E-state index is -0.359. The Hall–Kier alpha value is -1.07. The minimum Gasteiger partial charge on any atom is -0.449 e. The Morgan fingerprint density at radius 2 is 2.38 bits per heavy atom. The molecule has 0 radical (unpaired) electrons. The van der Waals surface area contributed by atoms with Crippen molar-refractivity contribution in [3.8, 4) is 0 Å². The van der Waals surface area contributed by atoms with E-state index in [2.05, 4.69) is 15.9 Å². The van der Waals surface area contributed by atoms with E-state index in [9.17, 15) is 4.79 Å². The van der Waals surface area contributed by atoms with E-state index >= 15 is 0 Å².